The van der Waals surface area contributed by atoms with E-state index >= 15 is 0 Å². The lowest BCUT2D eigenvalue weighted by molar-refractivity contribution is 0.177. The summed E-state index contributed by atoms with van der Waals surface area (Å²) in [5, 5.41) is 0. The van der Waals surface area contributed by atoms with Gasteiger partial charge in [0, 0.05) is 55.9 Å². The monoisotopic (exact) mass is 456 g/mol. The first-order valence-electron chi connectivity index (χ1n) is 9.97. The lowest BCUT2D eigenvalue weighted by Crippen LogP contribution is -2.36. The fourth-order valence-electron chi connectivity index (χ4n) is 4.19. The van der Waals surface area contributed by atoms with Crippen LogP contribution in [0.4, 0.5) is 5.82 Å². The molecule has 30 heavy (non-hydrogen) atoms. The molecule has 3 N–H and O–H groups in total. The number of methoxy groups -OCH3 is 1. The van der Waals surface area contributed by atoms with Crippen molar-refractivity contribution in [1.29, 1.82) is 0 Å². The van der Waals surface area contributed by atoms with Gasteiger partial charge < -0.3 is 20.4 Å². The van der Waals surface area contributed by atoms with Crippen LogP contribution in [-0.4, -0.2) is 46.2 Å². The Morgan fingerprint density at radius 2 is 1.77 bits per heavy atom. The summed E-state index contributed by atoms with van der Waals surface area (Å²) in [5.41, 5.74) is 7.86. The fraction of sp³-hybridized carbons (Fsp3) is 0.600. The van der Waals surface area contributed by atoms with E-state index in [1.807, 2.05) is 6.92 Å². The Labute approximate surface area is 188 Å². The topological polar surface area (TPSA) is 110 Å². The lowest BCUT2D eigenvalue weighted by Gasteiger charge is -2.35. The molecule has 2 aromatic rings. The van der Waals surface area contributed by atoms with Gasteiger partial charge >= 0.3 is 0 Å². The molecular weight excluding hydrogens is 427 g/mol. The van der Waals surface area contributed by atoms with Crippen LogP contribution in [0.2, 0.25) is 0 Å². The molecule has 3 heterocycles. The van der Waals surface area contributed by atoms with E-state index in [1.165, 1.54) is 0 Å². The molecule has 0 spiro atoms. The van der Waals surface area contributed by atoms with Gasteiger partial charge in [0.1, 0.15) is 18.2 Å². The fourth-order valence-corrected chi connectivity index (χ4v) is 4.19. The second-order valence-electron chi connectivity index (χ2n) is 7.95. The highest BCUT2D eigenvalue weighted by atomic mass is 35.5. The molecule has 2 fully saturated rings. The minimum atomic E-state index is -0.0757. The summed E-state index contributed by atoms with van der Waals surface area (Å²) in [4.78, 5) is 30.7. The van der Waals surface area contributed by atoms with Gasteiger partial charge in [0.25, 0.3) is 5.56 Å². The maximum absolute atomic E-state index is 11.8. The summed E-state index contributed by atoms with van der Waals surface area (Å²) in [6, 6.07) is 4.04. The third-order valence-electron chi connectivity index (χ3n) is 5.76. The number of nitrogens with one attached hydrogen (secondary N) is 1. The molecule has 1 aliphatic carbocycles. The summed E-state index contributed by atoms with van der Waals surface area (Å²) in [6.45, 7) is 3.99. The van der Waals surface area contributed by atoms with Crippen molar-refractivity contribution in [3.05, 3.63) is 45.5 Å². The molecular formula is C20H30Cl2N6O2. The maximum Gasteiger partial charge on any atom is 0.251 e. The molecule has 2 aromatic heterocycles. The second-order valence-corrected chi connectivity index (χ2v) is 7.95. The Bertz CT molecular complexity index is 895. The zero-order valence-electron chi connectivity index (χ0n) is 17.3. The summed E-state index contributed by atoms with van der Waals surface area (Å²) >= 11 is 0. The number of aromatic nitrogens is 4. The number of rotatable bonds is 5. The molecule has 1 saturated carbocycles. The number of halogens is 2. The Hall–Kier alpha value is -1.74. The quantitative estimate of drug-likeness (QED) is 0.710. The van der Waals surface area contributed by atoms with Gasteiger partial charge in [-0.3, -0.25) is 4.79 Å². The van der Waals surface area contributed by atoms with E-state index in [2.05, 4.69) is 25.9 Å². The third kappa shape index (κ3) is 5.49. The Balaban J connectivity index is 0.00000160. The van der Waals surface area contributed by atoms with Gasteiger partial charge in [-0.2, -0.15) is 0 Å². The highest BCUT2D eigenvalue weighted by Crippen LogP contribution is 2.36. The number of nitrogens with zero attached hydrogens (tertiary/aromatic N) is 4. The summed E-state index contributed by atoms with van der Waals surface area (Å²) in [5.74, 6) is 3.10. The largest absolute Gasteiger partial charge is 0.377 e. The maximum atomic E-state index is 11.8. The lowest BCUT2D eigenvalue weighted by atomic mass is 9.78. The Morgan fingerprint density at radius 1 is 1.10 bits per heavy atom. The minimum Gasteiger partial charge on any atom is -0.377 e. The second kappa shape index (κ2) is 10.5. The number of ether oxygens (including phenoxy) is 1. The molecule has 0 unspecified atom stereocenters. The molecule has 4 rings (SSSR count). The standard InChI is InChI=1S/C20H28N6O2.2ClH/c1-12-22-17(10-20(27)23-12)13-3-5-26(6-4-13)19-9-16(14-7-15(21)8-14)24-18(25-19)11-28-2;;/h9-10,13-15H,3-8,11,21H2,1-2H3,(H,22,23,27);2*1H. The molecule has 0 amide bonds. The number of piperidine rings is 1. The first-order valence-corrected chi connectivity index (χ1v) is 9.97. The van der Waals surface area contributed by atoms with Gasteiger partial charge in [-0.1, -0.05) is 0 Å². The van der Waals surface area contributed by atoms with E-state index in [9.17, 15) is 4.79 Å². The van der Waals surface area contributed by atoms with Crippen molar-refractivity contribution in [2.75, 3.05) is 25.1 Å². The summed E-state index contributed by atoms with van der Waals surface area (Å²) in [7, 11) is 1.66. The smallest absolute Gasteiger partial charge is 0.251 e. The number of H-pyrrole nitrogens is 1. The van der Waals surface area contributed by atoms with Crippen LogP contribution < -0.4 is 16.2 Å². The van der Waals surface area contributed by atoms with E-state index in [0.29, 0.717) is 24.3 Å². The summed E-state index contributed by atoms with van der Waals surface area (Å²) < 4.78 is 5.27. The third-order valence-corrected chi connectivity index (χ3v) is 5.76. The molecule has 1 aliphatic heterocycles. The van der Waals surface area contributed by atoms with Gasteiger partial charge in [-0.25, -0.2) is 15.0 Å². The molecule has 2 aliphatic rings. The number of aryl methyl sites for hydroxylation is 1. The first kappa shape index (κ1) is 24.5. The zero-order chi connectivity index (χ0) is 19.7. The molecule has 166 valence electrons. The molecule has 10 heteroatoms. The Morgan fingerprint density at radius 3 is 2.37 bits per heavy atom. The van der Waals surface area contributed by atoms with Crippen LogP contribution in [0.3, 0.4) is 0 Å². The molecule has 0 radical (unpaired) electrons. The van der Waals surface area contributed by atoms with E-state index in [-0.39, 0.29) is 36.4 Å². The van der Waals surface area contributed by atoms with Crippen LogP contribution >= 0.6 is 24.8 Å². The van der Waals surface area contributed by atoms with E-state index in [4.69, 9.17) is 15.5 Å². The van der Waals surface area contributed by atoms with Crippen molar-refractivity contribution in [2.24, 2.45) is 5.73 Å². The van der Waals surface area contributed by atoms with E-state index in [0.717, 1.165) is 61.8 Å². The molecule has 8 nitrogen and oxygen atoms in total. The molecule has 0 bridgehead atoms. The average molecular weight is 457 g/mol. The number of hydrogen-bond acceptors (Lipinski definition) is 7. The molecule has 1 saturated heterocycles. The Kier molecular flexibility index (Phi) is 8.61. The number of aromatic amines is 1. The van der Waals surface area contributed by atoms with Crippen molar-refractivity contribution in [3.8, 4) is 0 Å². The van der Waals surface area contributed by atoms with Crippen LogP contribution in [-0.2, 0) is 11.3 Å². The van der Waals surface area contributed by atoms with Crippen LogP contribution in [0.15, 0.2) is 16.9 Å². The first-order chi connectivity index (χ1) is 13.5. The number of anilines is 1. The predicted octanol–water partition coefficient (Wildman–Crippen LogP) is 2.45. The van der Waals surface area contributed by atoms with Crippen LogP contribution in [0, 0.1) is 6.92 Å². The molecule has 0 atom stereocenters. The van der Waals surface area contributed by atoms with Crippen molar-refractivity contribution >= 4 is 30.6 Å². The van der Waals surface area contributed by atoms with Gasteiger partial charge in [0.05, 0.1) is 5.69 Å². The van der Waals surface area contributed by atoms with Crippen LogP contribution in [0.25, 0.3) is 0 Å². The van der Waals surface area contributed by atoms with E-state index < -0.39 is 0 Å². The normalized spacial score (nSPS) is 21.4. The highest BCUT2D eigenvalue weighted by Gasteiger charge is 2.30. The zero-order valence-corrected chi connectivity index (χ0v) is 19.0. The van der Waals surface area contributed by atoms with Crippen molar-refractivity contribution in [3.63, 3.8) is 0 Å². The number of hydrogen-bond donors (Lipinski definition) is 2. The van der Waals surface area contributed by atoms with Crippen molar-refractivity contribution < 1.29 is 4.74 Å². The van der Waals surface area contributed by atoms with Crippen LogP contribution in [0.1, 0.15) is 60.6 Å². The van der Waals surface area contributed by atoms with Gasteiger partial charge in [-0.05, 0) is 32.6 Å². The van der Waals surface area contributed by atoms with Crippen LogP contribution in [0.5, 0.6) is 0 Å². The predicted molar refractivity (Wildman–Crippen MR) is 121 cm³/mol. The van der Waals surface area contributed by atoms with Crippen molar-refractivity contribution in [1.82, 2.24) is 19.9 Å². The van der Waals surface area contributed by atoms with Gasteiger partial charge in [-0.15, -0.1) is 24.8 Å². The SMILES string of the molecule is COCc1nc(C2CC(N)C2)cc(N2CCC(c3cc(=O)[nH]c(C)n3)CC2)n1.Cl.Cl. The molecule has 0 aromatic carbocycles. The average Bonchev–Trinajstić information content (AvgIpc) is 2.65. The highest BCUT2D eigenvalue weighted by molar-refractivity contribution is 5.85. The van der Waals surface area contributed by atoms with Gasteiger partial charge in [0.15, 0.2) is 5.82 Å². The van der Waals surface area contributed by atoms with E-state index in [1.54, 1.807) is 13.2 Å². The van der Waals surface area contributed by atoms with Gasteiger partial charge in [0.2, 0.25) is 0 Å². The van der Waals surface area contributed by atoms with Crippen molar-refractivity contribution in [2.45, 2.75) is 57.1 Å². The minimum absolute atomic E-state index is 0. The number of nitrogens with two attached hydrogens (primary N) is 1. The summed E-state index contributed by atoms with van der Waals surface area (Å²) in [6.07, 6.45) is 3.86.